The minimum Gasteiger partial charge on any atom is -0.545 e. The van der Waals surface area contributed by atoms with Crippen molar-refractivity contribution in [2.45, 2.75) is 53.4 Å². The Hall–Kier alpha value is -3.06. The van der Waals surface area contributed by atoms with Gasteiger partial charge < -0.3 is 34.5 Å². The topological polar surface area (TPSA) is 100 Å². The van der Waals surface area contributed by atoms with E-state index in [4.69, 9.17) is 14.2 Å². The van der Waals surface area contributed by atoms with E-state index < -0.39 is 5.97 Å². The van der Waals surface area contributed by atoms with Crippen molar-refractivity contribution >= 4 is 20.5 Å². The van der Waals surface area contributed by atoms with Crippen molar-refractivity contribution in [3.8, 4) is 39.9 Å². The number of phenolic OH excluding ortho intramolecular Hbond substituents is 1. The molecule has 0 aliphatic heterocycles. The van der Waals surface area contributed by atoms with Crippen molar-refractivity contribution in [3.63, 3.8) is 0 Å². The number of nitrogens with one attached hydrogen (secondary N) is 1. The Kier molecular flexibility index (Phi) is 20.0. The zero-order valence-electron chi connectivity index (χ0n) is 28.3. The van der Waals surface area contributed by atoms with Crippen LogP contribution in [-0.2, 0) is 12.8 Å². The number of hydrogen-bond acceptors (Lipinski definition) is 7. The van der Waals surface area contributed by atoms with Crippen LogP contribution < -0.4 is 59.5 Å². The van der Waals surface area contributed by atoms with Crippen LogP contribution in [0.4, 0.5) is 0 Å². The van der Waals surface area contributed by atoms with Gasteiger partial charge in [-0.1, -0.05) is 76.6 Å². The van der Waals surface area contributed by atoms with E-state index in [1.165, 1.54) is 6.07 Å². The fourth-order valence-corrected chi connectivity index (χ4v) is 4.65. The van der Waals surface area contributed by atoms with Crippen LogP contribution in [-0.4, -0.2) is 38.4 Å². The quantitative estimate of drug-likeness (QED) is 0.128. The Labute approximate surface area is 299 Å². The van der Waals surface area contributed by atoms with Crippen LogP contribution in [0.3, 0.4) is 0 Å². The maximum Gasteiger partial charge on any atom is 1.00 e. The van der Waals surface area contributed by atoms with E-state index in [1.54, 1.807) is 24.3 Å². The van der Waals surface area contributed by atoms with Crippen LogP contribution in [0, 0.1) is 0 Å². The summed E-state index contributed by atoms with van der Waals surface area (Å²) >= 11 is 0. The van der Waals surface area contributed by atoms with Gasteiger partial charge in [0, 0.05) is 29.2 Å². The second-order valence-electron chi connectivity index (χ2n) is 9.87. The molecule has 4 aromatic rings. The van der Waals surface area contributed by atoms with E-state index in [-0.39, 0.29) is 46.6 Å². The summed E-state index contributed by atoms with van der Waals surface area (Å²) in [4.78, 5) is 11.5. The summed E-state index contributed by atoms with van der Waals surface area (Å²) in [6.07, 6.45) is 2.98. The van der Waals surface area contributed by atoms with Crippen LogP contribution in [0.2, 0.25) is 0 Å². The third-order valence-electron chi connectivity index (χ3n) is 6.50. The normalized spacial score (nSPS) is 9.89. The summed E-state index contributed by atoms with van der Waals surface area (Å²) in [5, 5.41) is 26.0. The van der Waals surface area contributed by atoms with Gasteiger partial charge in [-0.15, -0.1) is 9.24 Å². The minimum atomic E-state index is -1.29. The fourth-order valence-electron chi connectivity index (χ4n) is 4.46. The van der Waals surface area contributed by atoms with Crippen molar-refractivity contribution in [1.29, 1.82) is 0 Å². The minimum absolute atomic E-state index is 0. The monoisotopic (exact) mass is 655 g/mol. The Bertz CT molecular complexity index is 1480. The third kappa shape index (κ3) is 12.3. The van der Waals surface area contributed by atoms with Crippen molar-refractivity contribution in [2.75, 3.05) is 27.3 Å². The molecule has 4 aromatic carbocycles. The summed E-state index contributed by atoms with van der Waals surface area (Å²) in [5.74, 6) is 1.04. The standard InChI is InChI=1S/C33H35O6P.C2H7N.C2H6.Na/c1-3-9-25-29(12-7-13-30(25)39-31-11-6-5-10-26(31)33(35)36)37-18-8-19-38-32-21-28(34)27(20-22(32)4-2)23-14-16-24(40)17-15-23;1-3-2;1-2;/h5-7,10-17,20-21,34H,3-4,8-9,18-19,40H2,1-2H3,(H,35,36);3H,1-2H3;1-2H3;/q;;;+1/p-1. The maximum absolute atomic E-state index is 11.5. The number of carbonyl (C=O) groups is 1. The second-order valence-corrected chi connectivity index (χ2v) is 10.5. The van der Waals surface area contributed by atoms with Crippen LogP contribution in [0.1, 0.15) is 62.0 Å². The number of aromatic hydroxyl groups is 1. The van der Waals surface area contributed by atoms with Gasteiger partial charge in [-0.05, 0) is 73.7 Å². The van der Waals surface area contributed by atoms with Gasteiger partial charge in [-0.3, -0.25) is 0 Å². The van der Waals surface area contributed by atoms with Crippen molar-refractivity contribution in [3.05, 3.63) is 95.6 Å². The SMILES string of the molecule is CC.CCCc1c(OCCCOc2cc(O)c(-c3ccc(P)cc3)cc2CC)cccc1Oc1ccccc1C(=O)[O-].CNC.[Na+]. The molecular weight excluding hydrogens is 608 g/mol. The molecule has 1 unspecified atom stereocenters. The molecular formula is C37H47NNaO6P. The maximum atomic E-state index is 11.5. The molecule has 0 aliphatic carbocycles. The number of carboxylic acid groups (broad SMARTS) is 1. The molecule has 0 bridgehead atoms. The fraction of sp³-hybridized carbons (Fsp3) is 0.324. The number of carboxylic acids is 1. The predicted octanol–water partition coefficient (Wildman–Crippen LogP) is 3.94. The number of rotatable bonds is 13. The molecule has 4 rings (SSSR count). The van der Waals surface area contributed by atoms with Gasteiger partial charge in [0.1, 0.15) is 28.7 Å². The van der Waals surface area contributed by atoms with Crippen LogP contribution in [0.15, 0.2) is 78.9 Å². The molecule has 1 atom stereocenters. The second kappa shape index (κ2) is 22.5. The van der Waals surface area contributed by atoms with Gasteiger partial charge in [0.15, 0.2) is 0 Å². The molecule has 0 aliphatic rings. The van der Waals surface area contributed by atoms with E-state index in [9.17, 15) is 15.0 Å². The average molecular weight is 656 g/mol. The Morgan fingerprint density at radius 1 is 0.848 bits per heavy atom. The number of hydrogen-bond donors (Lipinski definition) is 2. The van der Waals surface area contributed by atoms with E-state index in [0.717, 1.165) is 40.4 Å². The number of aromatic carboxylic acids is 1. The first-order valence-electron chi connectivity index (χ1n) is 15.5. The first kappa shape index (κ1) is 41.0. The zero-order valence-corrected chi connectivity index (χ0v) is 31.5. The van der Waals surface area contributed by atoms with Crippen LogP contribution in [0.5, 0.6) is 28.7 Å². The summed E-state index contributed by atoms with van der Waals surface area (Å²) in [7, 11) is 6.41. The molecule has 0 radical (unpaired) electrons. The summed E-state index contributed by atoms with van der Waals surface area (Å²) in [6, 6.07) is 23.6. The number of phenols is 1. The van der Waals surface area contributed by atoms with Gasteiger partial charge >= 0.3 is 29.6 Å². The molecule has 7 nitrogen and oxygen atoms in total. The third-order valence-corrected chi connectivity index (χ3v) is 6.89. The summed E-state index contributed by atoms with van der Waals surface area (Å²) < 4.78 is 18.2. The molecule has 2 N–H and O–H groups in total. The van der Waals surface area contributed by atoms with Gasteiger partial charge in [-0.2, -0.15) is 0 Å². The number of benzene rings is 4. The first-order valence-corrected chi connectivity index (χ1v) is 16.1. The van der Waals surface area contributed by atoms with Crippen LogP contribution >= 0.6 is 9.24 Å². The molecule has 0 amide bonds. The molecule has 0 saturated heterocycles. The predicted molar refractivity (Wildman–Crippen MR) is 185 cm³/mol. The number of carbonyl (C=O) groups excluding carboxylic acids is 1. The average Bonchev–Trinajstić information content (AvgIpc) is 3.04. The van der Waals surface area contributed by atoms with Gasteiger partial charge in [0.05, 0.1) is 19.2 Å². The zero-order chi connectivity index (χ0) is 33.2. The van der Waals surface area contributed by atoms with Gasteiger partial charge in [0.25, 0.3) is 0 Å². The number of para-hydroxylation sites is 1. The molecule has 0 fully saturated rings. The molecule has 46 heavy (non-hydrogen) atoms. The smallest absolute Gasteiger partial charge is 0.545 e. The Morgan fingerprint density at radius 3 is 2.04 bits per heavy atom. The molecule has 0 aromatic heterocycles. The largest absolute Gasteiger partial charge is 1.00 e. The summed E-state index contributed by atoms with van der Waals surface area (Å²) in [6.45, 7) is 8.97. The van der Waals surface area contributed by atoms with E-state index in [1.807, 2.05) is 76.5 Å². The number of aryl methyl sites for hydroxylation is 1. The van der Waals surface area contributed by atoms with E-state index in [0.29, 0.717) is 43.3 Å². The van der Waals surface area contributed by atoms with Gasteiger partial charge in [0.2, 0.25) is 0 Å². The van der Waals surface area contributed by atoms with E-state index >= 15 is 0 Å². The van der Waals surface area contributed by atoms with Gasteiger partial charge in [-0.25, -0.2) is 0 Å². The van der Waals surface area contributed by atoms with Crippen LogP contribution in [0.25, 0.3) is 11.1 Å². The van der Waals surface area contributed by atoms with Crippen molar-refractivity contribution < 1.29 is 58.8 Å². The molecule has 242 valence electrons. The Morgan fingerprint density at radius 2 is 1.43 bits per heavy atom. The molecule has 0 heterocycles. The number of ether oxygens (including phenoxy) is 3. The molecule has 0 saturated carbocycles. The summed E-state index contributed by atoms with van der Waals surface area (Å²) in [5.41, 5.74) is 3.64. The Balaban J connectivity index is 0.00000166. The van der Waals surface area contributed by atoms with E-state index in [2.05, 4.69) is 28.4 Å². The molecule has 0 spiro atoms. The van der Waals surface area contributed by atoms with Crippen molar-refractivity contribution in [2.24, 2.45) is 0 Å². The first-order chi connectivity index (χ1) is 21.8. The molecule has 9 heteroatoms. The van der Waals surface area contributed by atoms with Crippen molar-refractivity contribution in [1.82, 2.24) is 5.32 Å².